The number of amides is 2. The zero-order valence-corrected chi connectivity index (χ0v) is 19.5. The molecule has 0 unspecified atom stereocenters. The number of furan rings is 2. The van der Waals surface area contributed by atoms with Gasteiger partial charge in [0.05, 0.1) is 24.6 Å². The minimum absolute atomic E-state index is 0.0703. The van der Waals surface area contributed by atoms with Crippen LogP contribution >= 0.6 is 0 Å². The summed E-state index contributed by atoms with van der Waals surface area (Å²) < 4.78 is 10.6. The highest BCUT2D eigenvalue weighted by molar-refractivity contribution is 5.97. The first kappa shape index (κ1) is 22.9. The van der Waals surface area contributed by atoms with E-state index >= 15 is 0 Å². The van der Waals surface area contributed by atoms with Crippen LogP contribution in [0, 0.1) is 0 Å². The molecular weight excluding hydrogens is 444 g/mol. The van der Waals surface area contributed by atoms with Crippen molar-refractivity contribution in [2.45, 2.75) is 19.4 Å². The number of piperazine rings is 1. The molecule has 1 N–H and O–H groups in total. The van der Waals surface area contributed by atoms with Gasteiger partial charge in [0.25, 0.3) is 11.8 Å². The number of aryl methyl sites for hydroxylation is 1. The maximum atomic E-state index is 12.9. The molecule has 0 atom stereocenters. The summed E-state index contributed by atoms with van der Waals surface area (Å²) in [6.07, 6.45) is 8.43. The summed E-state index contributed by atoms with van der Waals surface area (Å²) in [4.78, 5) is 33.9. The summed E-state index contributed by atoms with van der Waals surface area (Å²) in [6, 6.07) is 13.0. The van der Waals surface area contributed by atoms with Crippen LogP contribution in [0.5, 0.6) is 0 Å². The first-order valence-corrected chi connectivity index (χ1v) is 11.9. The van der Waals surface area contributed by atoms with Crippen LogP contribution in [0.25, 0.3) is 11.0 Å². The lowest BCUT2D eigenvalue weighted by atomic mass is 10.1. The van der Waals surface area contributed by atoms with Crippen molar-refractivity contribution in [1.82, 2.24) is 20.1 Å². The molecule has 0 radical (unpaired) electrons. The zero-order chi connectivity index (χ0) is 24.0. The van der Waals surface area contributed by atoms with Gasteiger partial charge in [0.2, 0.25) is 0 Å². The molecule has 0 bridgehead atoms. The van der Waals surface area contributed by atoms with E-state index in [4.69, 9.17) is 8.83 Å². The SMILES string of the molecule is O=C(NCc1ccco1)c1cncc(CCCN2CCN(C(=O)c3ccc4occc4c3)CC2)c1. The molecule has 0 saturated carbocycles. The van der Waals surface area contributed by atoms with Gasteiger partial charge < -0.3 is 19.1 Å². The number of benzene rings is 1. The van der Waals surface area contributed by atoms with Crippen molar-refractivity contribution in [3.63, 3.8) is 0 Å². The fourth-order valence-corrected chi connectivity index (χ4v) is 4.39. The van der Waals surface area contributed by atoms with E-state index in [1.54, 1.807) is 24.8 Å². The van der Waals surface area contributed by atoms with Crippen molar-refractivity contribution in [2.75, 3.05) is 32.7 Å². The van der Waals surface area contributed by atoms with Crippen LogP contribution in [0.2, 0.25) is 0 Å². The van der Waals surface area contributed by atoms with Gasteiger partial charge in [-0.05, 0) is 67.4 Å². The van der Waals surface area contributed by atoms with Gasteiger partial charge in [-0.25, -0.2) is 0 Å². The van der Waals surface area contributed by atoms with Gasteiger partial charge >= 0.3 is 0 Å². The highest BCUT2D eigenvalue weighted by Gasteiger charge is 2.22. The van der Waals surface area contributed by atoms with Gasteiger partial charge in [-0.1, -0.05) is 0 Å². The number of carbonyl (C=O) groups is 2. The number of aromatic nitrogens is 1. The minimum Gasteiger partial charge on any atom is -0.467 e. The lowest BCUT2D eigenvalue weighted by molar-refractivity contribution is 0.0636. The molecule has 0 spiro atoms. The zero-order valence-electron chi connectivity index (χ0n) is 19.5. The van der Waals surface area contributed by atoms with Crippen molar-refractivity contribution in [2.24, 2.45) is 0 Å². The van der Waals surface area contributed by atoms with Crippen LogP contribution in [-0.4, -0.2) is 59.3 Å². The van der Waals surface area contributed by atoms with Crippen LogP contribution in [0.3, 0.4) is 0 Å². The van der Waals surface area contributed by atoms with Crippen molar-refractivity contribution in [3.05, 3.63) is 89.8 Å². The average molecular weight is 473 g/mol. The summed E-state index contributed by atoms with van der Waals surface area (Å²) in [6.45, 7) is 4.44. The maximum absolute atomic E-state index is 12.9. The Morgan fingerprint density at radius 2 is 1.83 bits per heavy atom. The molecule has 8 heteroatoms. The quantitative estimate of drug-likeness (QED) is 0.420. The molecule has 4 heterocycles. The third-order valence-electron chi connectivity index (χ3n) is 6.36. The van der Waals surface area contributed by atoms with Crippen LogP contribution in [0.1, 0.15) is 38.5 Å². The van der Waals surface area contributed by atoms with Gasteiger partial charge in [-0.2, -0.15) is 0 Å². The Labute approximate surface area is 203 Å². The third-order valence-corrected chi connectivity index (χ3v) is 6.36. The Morgan fingerprint density at radius 1 is 0.943 bits per heavy atom. The highest BCUT2D eigenvalue weighted by atomic mass is 16.3. The number of hydrogen-bond donors (Lipinski definition) is 1. The number of pyridine rings is 1. The standard InChI is InChI=1S/C27H28N4O4/c32-26(29-19-24-4-2-13-34-24)23-15-20(17-28-18-23)3-1-8-30-9-11-31(12-10-30)27(33)22-5-6-25-21(16-22)7-14-35-25/h2,4-7,13-18H,1,3,8-12,19H2,(H,29,32). The molecule has 1 aromatic carbocycles. The number of nitrogens with one attached hydrogen (secondary N) is 1. The van der Waals surface area contributed by atoms with E-state index in [0.29, 0.717) is 23.4 Å². The lowest BCUT2D eigenvalue weighted by Gasteiger charge is -2.34. The van der Waals surface area contributed by atoms with Crippen molar-refractivity contribution >= 4 is 22.8 Å². The van der Waals surface area contributed by atoms with Crippen molar-refractivity contribution in [1.29, 1.82) is 0 Å². The Bertz CT molecular complexity index is 1290. The molecule has 35 heavy (non-hydrogen) atoms. The van der Waals surface area contributed by atoms with Gasteiger partial charge in [-0.3, -0.25) is 19.5 Å². The predicted molar refractivity (Wildman–Crippen MR) is 131 cm³/mol. The molecule has 3 aromatic heterocycles. The number of carbonyl (C=O) groups excluding carboxylic acids is 2. The van der Waals surface area contributed by atoms with E-state index < -0.39 is 0 Å². The fraction of sp³-hybridized carbons (Fsp3) is 0.296. The normalized spacial score (nSPS) is 14.3. The molecule has 8 nitrogen and oxygen atoms in total. The minimum atomic E-state index is -0.163. The molecule has 4 aromatic rings. The largest absolute Gasteiger partial charge is 0.467 e. The predicted octanol–water partition coefficient (Wildman–Crippen LogP) is 3.74. The molecule has 1 aliphatic rings. The molecule has 180 valence electrons. The fourth-order valence-electron chi connectivity index (χ4n) is 4.39. The van der Waals surface area contributed by atoms with E-state index in [2.05, 4.69) is 15.2 Å². The smallest absolute Gasteiger partial charge is 0.253 e. The van der Waals surface area contributed by atoms with E-state index in [9.17, 15) is 9.59 Å². The Hall–Kier alpha value is -3.91. The number of rotatable bonds is 8. The van der Waals surface area contributed by atoms with Gasteiger partial charge in [-0.15, -0.1) is 0 Å². The first-order valence-electron chi connectivity index (χ1n) is 11.9. The molecule has 1 fully saturated rings. The summed E-state index contributed by atoms with van der Waals surface area (Å²) in [5.41, 5.74) is 3.09. The molecule has 2 amide bonds. The van der Waals surface area contributed by atoms with Crippen molar-refractivity contribution < 1.29 is 18.4 Å². The number of hydrogen-bond acceptors (Lipinski definition) is 6. The maximum Gasteiger partial charge on any atom is 0.253 e. The number of nitrogens with zero attached hydrogens (tertiary/aromatic N) is 3. The van der Waals surface area contributed by atoms with E-state index in [-0.39, 0.29) is 11.8 Å². The Morgan fingerprint density at radius 3 is 2.66 bits per heavy atom. The molecule has 1 saturated heterocycles. The molecule has 1 aliphatic heterocycles. The average Bonchev–Trinajstić information content (AvgIpc) is 3.59. The first-order chi connectivity index (χ1) is 17.2. The van der Waals surface area contributed by atoms with E-state index in [1.165, 1.54) is 0 Å². The summed E-state index contributed by atoms with van der Waals surface area (Å²) in [5, 5.41) is 3.80. The number of fused-ring (bicyclic) bond motifs is 1. The van der Waals surface area contributed by atoms with Crippen LogP contribution < -0.4 is 5.32 Å². The second-order valence-electron chi connectivity index (χ2n) is 8.75. The van der Waals surface area contributed by atoms with E-state index in [1.807, 2.05) is 47.5 Å². The topological polar surface area (TPSA) is 91.8 Å². The summed E-state index contributed by atoms with van der Waals surface area (Å²) in [7, 11) is 0. The van der Waals surface area contributed by atoms with Crippen LogP contribution in [-0.2, 0) is 13.0 Å². The monoisotopic (exact) mass is 472 g/mol. The lowest BCUT2D eigenvalue weighted by Crippen LogP contribution is -2.48. The second kappa shape index (κ2) is 10.6. The highest BCUT2D eigenvalue weighted by Crippen LogP contribution is 2.19. The van der Waals surface area contributed by atoms with E-state index in [0.717, 1.165) is 62.1 Å². The second-order valence-corrected chi connectivity index (χ2v) is 8.75. The van der Waals surface area contributed by atoms with Crippen LogP contribution in [0.4, 0.5) is 0 Å². The molecule has 0 aliphatic carbocycles. The van der Waals surface area contributed by atoms with Crippen molar-refractivity contribution in [3.8, 4) is 0 Å². The third kappa shape index (κ3) is 5.60. The van der Waals surface area contributed by atoms with Gasteiger partial charge in [0.15, 0.2) is 0 Å². The summed E-state index contributed by atoms with van der Waals surface area (Å²) >= 11 is 0. The Kier molecular flexibility index (Phi) is 6.90. The van der Waals surface area contributed by atoms with Gasteiger partial charge in [0, 0.05) is 49.5 Å². The van der Waals surface area contributed by atoms with Gasteiger partial charge in [0.1, 0.15) is 11.3 Å². The molecular formula is C27H28N4O4. The Balaban J connectivity index is 1.06. The van der Waals surface area contributed by atoms with Crippen LogP contribution in [0.15, 0.2) is 76.2 Å². The summed E-state index contributed by atoms with van der Waals surface area (Å²) in [5.74, 6) is 0.618. The molecule has 5 rings (SSSR count).